The number of nitrogens with zero attached hydrogens (tertiary/aromatic N) is 4. The fourth-order valence-corrected chi connectivity index (χ4v) is 5.39. The summed E-state index contributed by atoms with van der Waals surface area (Å²) >= 11 is 0. The third-order valence-corrected chi connectivity index (χ3v) is 7.14. The van der Waals surface area contributed by atoms with Crippen LogP contribution in [0, 0.1) is 0 Å². The van der Waals surface area contributed by atoms with Crippen LogP contribution in [0.4, 0.5) is 8.78 Å². The lowest BCUT2D eigenvalue weighted by atomic mass is 9.88. The number of amides is 1. The Kier molecular flexibility index (Phi) is 5.46. The first-order valence-corrected chi connectivity index (χ1v) is 11.6. The lowest BCUT2D eigenvalue weighted by molar-refractivity contribution is 0.0450. The highest BCUT2D eigenvalue weighted by molar-refractivity contribution is 6.00. The van der Waals surface area contributed by atoms with Crippen molar-refractivity contribution in [2.24, 2.45) is 0 Å². The normalized spacial score (nSPS) is 21.4. The summed E-state index contributed by atoms with van der Waals surface area (Å²) in [7, 11) is 0. The first-order valence-electron chi connectivity index (χ1n) is 11.6. The van der Waals surface area contributed by atoms with E-state index in [9.17, 15) is 13.6 Å². The van der Waals surface area contributed by atoms with Gasteiger partial charge in [0, 0.05) is 23.7 Å². The summed E-state index contributed by atoms with van der Waals surface area (Å²) in [6.45, 7) is 0. The van der Waals surface area contributed by atoms with Gasteiger partial charge < -0.3 is 4.90 Å². The molecular weight excluding hydrogens is 386 g/mol. The average molecular weight is 417 g/mol. The monoisotopic (exact) mass is 416 g/mol. The van der Waals surface area contributed by atoms with E-state index in [-0.39, 0.29) is 29.6 Å². The highest BCUT2D eigenvalue weighted by atomic mass is 19.3. The molecule has 3 saturated carbocycles. The summed E-state index contributed by atoms with van der Waals surface area (Å²) in [4.78, 5) is 20.6. The van der Waals surface area contributed by atoms with Gasteiger partial charge in [-0.15, -0.1) is 0 Å². The minimum atomic E-state index is -2.65. The van der Waals surface area contributed by atoms with E-state index in [1.54, 1.807) is 0 Å². The van der Waals surface area contributed by atoms with Crippen LogP contribution in [0.2, 0.25) is 0 Å². The molecule has 0 atom stereocenters. The third-order valence-electron chi connectivity index (χ3n) is 7.14. The van der Waals surface area contributed by atoms with Crippen molar-refractivity contribution in [3.05, 3.63) is 29.2 Å². The second-order valence-electron chi connectivity index (χ2n) is 9.27. The highest BCUT2D eigenvalue weighted by Crippen LogP contribution is 2.40. The Morgan fingerprint density at radius 2 is 1.57 bits per heavy atom. The van der Waals surface area contributed by atoms with Gasteiger partial charge in [-0.3, -0.25) is 4.79 Å². The number of fused-ring (bicyclic) bond motifs is 1. The minimum Gasteiger partial charge on any atom is -0.333 e. The Bertz CT molecular complexity index is 893. The minimum absolute atomic E-state index is 0.0653. The maximum atomic E-state index is 13.8. The molecule has 2 aromatic heterocycles. The van der Waals surface area contributed by atoms with Gasteiger partial charge in [0.15, 0.2) is 5.65 Å². The van der Waals surface area contributed by atoms with Crippen LogP contribution < -0.4 is 0 Å². The van der Waals surface area contributed by atoms with Crippen LogP contribution in [0.3, 0.4) is 0 Å². The standard InChI is InChI=1S/C23H30F2N4O/c24-21(25)20-13-19(15-11-12-15)27-22-18(14-26-29(20)22)23(30)28(16-7-3-1-4-8-16)17-9-5-2-6-10-17/h13-17,21H,1-12H2. The first kappa shape index (κ1) is 19.9. The second-order valence-corrected chi connectivity index (χ2v) is 9.27. The van der Waals surface area contributed by atoms with Gasteiger partial charge in [-0.05, 0) is 44.6 Å². The molecule has 0 unspecified atom stereocenters. The van der Waals surface area contributed by atoms with Crippen molar-refractivity contribution < 1.29 is 13.6 Å². The molecule has 3 aliphatic carbocycles. The largest absolute Gasteiger partial charge is 0.333 e. The lowest BCUT2D eigenvalue weighted by Crippen LogP contribution is -2.48. The molecule has 5 rings (SSSR count). The summed E-state index contributed by atoms with van der Waals surface area (Å²) in [5.74, 6) is 0.169. The SMILES string of the molecule is O=C(c1cnn2c(C(F)F)cc(C3CC3)nc12)N(C1CCCCC1)C1CCCCC1. The van der Waals surface area contributed by atoms with Crippen molar-refractivity contribution in [2.45, 2.75) is 101 Å². The van der Waals surface area contributed by atoms with E-state index in [1.165, 1.54) is 29.6 Å². The first-order chi connectivity index (χ1) is 14.6. The summed E-state index contributed by atoms with van der Waals surface area (Å²) in [6, 6.07) is 1.95. The molecule has 0 aliphatic heterocycles. The molecule has 0 saturated heterocycles. The number of alkyl halides is 2. The summed E-state index contributed by atoms with van der Waals surface area (Å²) in [5, 5.41) is 4.18. The molecule has 7 heteroatoms. The fourth-order valence-electron chi connectivity index (χ4n) is 5.39. The van der Waals surface area contributed by atoms with E-state index in [2.05, 4.69) is 15.0 Å². The third kappa shape index (κ3) is 3.71. The zero-order valence-corrected chi connectivity index (χ0v) is 17.4. The average Bonchev–Trinajstić information content (AvgIpc) is 3.53. The molecule has 0 aromatic carbocycles. The van der Waals surface area contributed by atoms with Crippen LogP contribution in [0.5, 0.6) is 0 Å². The van der Waals surface area contributed by atoms with Crippen molar-refractivity contribution in [2.75, 3.05) is 0 Å². The fraction of sp³-hybridized carbons (Fsp3) is 0.696. The number of hydrogen-bond donors (Lipinski definition) is 0. The van der Waals surface area contributed by atoms with Gasteiger partial charge in [0.2, 0.25) is 0 Å². The number of halogens is 2. The van der Waals surface area contributed by atoms with Gasteiger partial charge in [0.25, 0.3) is 12.3 Å². The molecule has 2 heterocycles. The van der Waals surface area contributed by atoms with Crippen LogP contribution >= 0.6 is 0 Å². The second kappa shape index (κ2) is 8.23. The van der Waals surface area contributed by atoms with Gasteiger partial charge in [-0.25, -0.2) is 18.3 Å². The molecule has 162 valence electrons. The molecule has 3 aliphatic rings. The molecule has 1 amide bonds. The summed E-state index contributed by atoms with van der Waals surface area (Å²) in [5.41, 5.74) is 1.20. The molecule has 30 heavy (non-hydrogen) atoms. The molecule has 0 N–H and O–H groups in total. The van der Waals surface area contributed by atoms with Crippen LogP contribution in [-0.2, 0) is 0 Å². The number of carbonyl (C=O) groups is 1. The zero-order chi connectivity index (χ0) is 20.7. The van der Waals surface area contributed by atoms with Crippen molar-refractivity contribution in [3.63, 3.8) is 0 Å². The molecular formula is C23H30F2N4O. The Hall–Kier alpha value is -2.05. The van der Waals surface area contributed by atoms with E-state index >= 15 is 0 Å². The molecule has 5 nitrogen and oxygen atoms in total. The van der Waals surface area contributed by atoms with Gasteiger partial charge >= 0.3 is 0 Å². The van der Waals surface area contributed by atoms with E-state index in [0.29, 0.717) is 16.9 Å². The summed E-state index contributed by atoms with van der Waals surface area (Å²) in [6.07, 6.45) is 11.9. The zero-order valence-electron chi connectivity index (χ0n) is 17.4. The van der Waals surface area contributed by atoms with Crippen LogP contribution in [-0.4, -0.2) is 37.5 Å². The van der Waals surface area contributed by atoms with Gasteiger partial charge in [0.1, 0.15) is 11.3 Å². The number of rotatable bonds is 5. The van der Waals surface area contributed by atoms with Gasteiger partial charge in [-0.1, -0.05) is 38.5 Å². The van der Waals surface area contributed by atoms with Gasteiger partial charge in [-0.2, -0.15) is 5.10 Å². The molecule has 0 bridgehead atoms. The number of hydrogen-bond acceptors (Lipinski definition) is 3. The molecule has 3 fully saturated rings. The molecule has 0 radical (unpaired) electrons. The Balaban J connectivity index is 1.55. The van der Waals surface area contributed by atoms with Gasteiger partial charge in [0.05, 0.1) is 6.20 Å². The van der Waals surface area contributed by atoms with E-state index in [1.807, 2.05) is 0 Å². The van der Waals surface area contributed by atoms with E-state index in [0.717, 1.165) is 64.2 Å². The number of carbonyl (C=O) groups excluding carboxylic acids is 1. The Morgan fingerprint density at radius 1 is 0.967 bits per heavy atom. The van der Waals surface area contributed by atoms with Crippen LogP contribution in [0.15, 0.2) is 12.3 Å². The van der Waals surface area contributed by atoms with Crippen molar-refractivity contribution in [3.8, 4) is 0 Å². The van der Waals surface area contributed by atoms with Crippen LogP contribution in [0.25, 0.3) is 5.65 Å². The van der Waals surface area contributed by atoms with Crippen LogP contribution in [0.1, 0.15) is 111 Å². The van der Waals surface area contributed by atoms with E-state index < -0.39 is 6.43 Å². The lowest BCUT2D eigenvalue weighted by Gasteiger charge is -2.41. The Labute approximate surface area is 175 Å². The highest BCUT2D eigenvalue weighted by Gasteiger charge is 2.35. The topological polar surface area (TPSA) is 50.5 Å². The van der Waals surface area contributed by atoms with Crippen molar-refractivity contribution in [1.29, 1.82) is 0 Å². The molecule has 2 aromatic rings. The predicted molar refractivity (Wildman–Crippen MR) is 110 cm³/mol. The quantitative estimate of drug-likeness (QED) is 0.633. The van der Waals surface area contributed by atoms with E-state index in [4.69, 9.17) is 0 Å². The van der Waals surface area contributed by atoms with Crippen molar-refractivity contribution in [1.82, 2.24) is 19.5 Å². The maximum Gasteiger partial charge on any atom is 0.280 e. The Morgan fingerprint density at radius 3 is 2.10 bits per heavy atom. The van der Waals surface area contributed by atoms with Crippen molar-refractivity contribution >= 4 is 11.6 Å². The predicted octanol–water partition coefficient (Wildman–Crippen LogP) is 5.65. The smallest absolute Gasteiger partial charge is 0.280 e. The summed E-state index contributed by atoms with van der Waals surface area (Å²) < 4.78 is 28.6. The number of aromatic nitrogens is 3. The molecule has 0 spiro atoms. The maximum absolute atomic E-state index is 13.8.